The third-order valence-corrected chi connectivity index (χ3v) is 5.30. The maximum Gasteiger partial charge on any atom is 0.0713 e. The van der Waals surface area contributed by atoms with Crippen molar-refractivity contribution in [3.63, 3.8) is 0 Å². The molecule has 1 atom stereocenters. The molecule has 0 spiro atoms. The fourth-order valence-electron chi connectivity index (χ4n) is 1.98. The zero-order valence-electron chi connectivity index (χ0n) is 8.11. The molecule has 0 radical (unpaired) electrons. The average Bonchev–Trinajstić information content (AvgIpc) is 2.72. The lowest BCUT2D eigenvalue weighted by molar-refractivity contribution is 0.970. The molecule has 1 aromatic carbocycles. The summed E-state index contributed by atoms with van der Waals surface area (Å²) in [5, 5.41) is 3.04. The Labute approximate surface area is 101 Å². The van der Waals surface area contributed by atoms with Crippen LogP contribution in [0.1, 0.15) is 5.56 Å². The van der Waals surface area contributed by atoms with Crippen LogP contribution in [-0.2, 0) is 6.42 Å². The molecule has 0 saturated carbocycles. The van der Waals surface area contributed by atoms with E-state index in [-0.39, 0.29) is 0 Å². The monoisotopic (exact) mass is 279 g/mol. The quantitative estimate of drug-likeness (QED) is 0.740. The minimum Gasteiger partial charge on any atom is -0.256 e. The standard InChI is InChI=1S/C12H10BrNS/c13-6-9-5-8-7-14-11-4-2-1-3-10(11)12(8)15-9/h1-4,7,9H,5-6H2. The van der Waals surface area contributed by atoms with Gasteiger partial charge in [0.2, 0.25) is 0 Å². The van der Waals surface area contributed by atoms with E-state index in [1.165, 1.54) is 15.8 Å². The van der Waals surface area contributed by atoms with E-state index in [9.17, 15) is 0 Å². The van der Waals surface area contributed by atoms with Crippen molar-refractivity contribution in [2.24, 2.45) is 0 Å². The number of hydrogen-bond donors (Lipinski definition) is 0. The highest BCUT2D eigenvalue weighted by atomic mass is 79.9. The van der Waals surface area contributed by atoms with Gasteiger partial charge in [0.05, 0.1) is 5.52 Å². The molecule has 1 aliphatic rings. The highest BCUT2D eigenvalue weighted by Gasteiger charge is 2.23. The van der Waals surface area contributed by atoms with Crippen molar-refractivity contribution in [3.05, 3.63) is 36.0 Å². The lowest BCUT2D eigenvalue weighted by Gasteiger charge is -2.03. The number of alkyl halides is 1. The van der Waals surface area contributed by atoms with E-state index in [0.29, 0.717) is 5.25 Å². The third-order valence-electron chi connectivity index (χ3n) is 2.70. The lowest BCUT2D eigenvalue weighted by atomic mass is 10.1. The molecule has 1 nitrogen and oxygen atoms in total. The van der Waals surface area contributed by atoms with E-state index in [2.05, 4.69) is 39.1 Å². The SMILES string of the molecule is BrCC1Cc2cnc3ccccc3c2S1. The summed E-state index contributed by atoms with van der Waals surface area (Å²) in [5.41, 5.74) is 2.52. The summed E-state index contributed by atoms with van der Waals surface area (Å²) in [5.74, 6) is 0. The molecule has 1 unspecified atom stereocenters. The second-order valence-corrected chi connectivity index (χ2v) is 5.69. The van der Waals surface area contributed by atoms with Crippen molar-refractivity contribution in [3.8, 4) is 0 Å². The molecule has 1 aliphatic heterocycles. The number of rotatable bonds is 1. The average molecular weight is 280 g/mol. The van der Waals surface area contributed by atoms with Gasteiger partial charge in [0.25, 0.3) is 0 Å². The fourth-order valence-corrected chi connectivity index (χ4v) is 3.85. The van der Waals surface area contributed by atoms with Crippen molar-refractivity contribution in [2.45, 2.75) is 16.6 Å². The number of pyridine rings is 1. The van der Waals surface area contributed by atoms with E-state index in [1.54, 1.807) is 0 Å². The number of hydrogen-bond acceptors (Lipinski definition) is 2. The van der Waals surface area contributed by atoms with Crippen LogP contribution in [0.4, 0.5) is 0 Å². The molecular formula is C12H10BrNS. The topological polar surface area (TPSA) is 12.9 Å². The van der Waals surface area contributed by atoms with Crippen LogP contribution < -0.4 is 0 Å². The molecule has 1 aromatic heterocycles. The van der Waals surface area contributed by atoms with Crippen LogP contribution >= 0.6 is 27.7 Å². The van der Waals surface area contributed by atoms with Crippen molar-refractivity contribution >= 4 is 38.6 Å². The number of nitrogens with zero attached hydrogens (tertiary/aromatic N) is 1. The molecule has 0 aliphatic carbocycles. The van der Waals surface area contributed by atoms with Crippen LogP contribution in [0.25, 0.3) is 10.9 Å². The largest absolute Gasteiger partial charge is 0.256 e. The molecule has 3 rings (SSSR count). The van der Waals surface area contributed by atoms with Gasteiger partial charge in [-0.1, -0.05) is 34.1 Å². The van der Waals surface area contributed by atoms with Gasteiger partial charge in [0, 0.05) is 27.1 Å². The number of thioether (sulfide) groups is 1. The Morgan fingerprint density at radius 3 is 3.13 bits per heavy atom. The maximum atomic E-state index is 4.49. The summed E-state index contributed by atoms with van der Waals surface area (Å²) < 4.78 is 0. The van der Waals surface area contributed by atoms with Crippen molar-refractivity contribution in [1.82, 2.24) is 4.98 Å². The van der Waals surface area contributed by atoms with E-state index in [0.717, 1.165) is 17.3 Å². The Hall–Kier alpha value is -0.540. The molecule has 0 saturated heterocycles. The molecule has 0 N–H and O–H groups in total. The summed E-state index contributed by atoms with van der Waals surface area (Å²) in [4.78, 5) is 5.93. The van der Waals surface area contributed by atoms with Gasteiger partial charge >= 0.3 is 0 Å². The predicted molar refractivity (Wildman–Crippen MR) is 68.9 cm³/mol. The fraction of sp³-hybridized carbons (Fsp3) is 0.250. The van der Waals surface area contributed by atoms with Gasteiger partial charge in [-0.05, 0) is 18.1 Å². The highest BCUT2D eigenvalue weighted by molar-refractivity contribution is 9.09. The highest BCUT2D eigenvalue weighted by Crippen LogP contribution is 2.41. The summed E-state index contributed by atoms with van der Waals surface area (Å²) in [6.45, 7) is 0. The molecule has 0 amide bonds. The van der Waals surface area contributed by atoms with Crippen molar-refractivity contribution < 1.29 is 0 Å². The van der Waals surface area contributed by atoms with Gasteiger partial charge in [0.1, 0.15) is 0 Å². The van der Waals surface area contributed by atoms with E-state index >= 15 is 0 Å². The summed E-state index contributed by atoms with van der Waals surface area (Å²) in [6, 6.07) is 8.39. The number of fused-ring (bicyclic) bond motifs is 3. The summed E-state index contributed by atoms with van der Waals surface area (Å²) in [6.07, 6.45) is 3.18. The molecule has 2 aromatic rings. The molecule has 3 heteroatoms. The van der Waals surface area contributed by atoms with Gasteiger partial charge in [-0.15, -0.1) is 11.8 Å². The first-order valence-electron chi connectivity index (χ1n) is 4.97. The Morgan fingerprint density at radius 1 is 1.40 bits per heavy atom. The second kappa shape index (κ2) is 3.80. The Bertz CT molecular complexity index is 512. The summed E-state index contributed by atoms with van der Waals surface area (Å²) >= 11 is 5.54. The van der Waals surface area contributed by atoms with Crippen molar-refractivity contribution in [1.29, 1.82) is 0 Å². The first kappa shape index (κ1) is 9.67. The molecule has 0 bridgehead atoms. The van der Waals surface area contributed by atoms with Gasteiger partial charge in [0.15, 0.2) is 0 Å². The van der Waals surface area contributed by atoms with Gasteiger partial charge in [-0.3, -0.25) is 4.98 Å². The Morgan fingerprint density at radius 2 is 2.27 bits per heavy atom. The lowest BCUT2D eigenvalue weighted by Crippen LogP contribution is -2.00. The third kappa shape index (κ3) is 1.58. The van der Waals surface area contributed by atoms with Crippen LogP contribution in [0.15, 0.2) is 35.4 Å². The summed E-state index contributed by atoms with van der Waals surface area (Å²) in [7, 11) is 0. The minimum absolute atomic E-state index is 0.674. The number of aromatic nitrogens is 1. The van der Waals surface area contributed by atoms with Gasteiger partial charge < -0.3 is 0 Å². The van der Waals surface area contributed by atoms with E-state index in [4.69, 9.17) is 0 Å². The smallest absolute Gasteiger partial charge is 0.0713 e. The zero-order valence-corrected chi connectivity index (χ0v) is 10.5. The minimum atomic E-state index is 0.674. The number of halogens is 1. The van der Waals surface area contributed by atoms with Gasteiger partial charge in [-0.25, -0.2) is 0 Å². The zero-order chi connectivity index (χ0) is 10.3. The number of para-hydroxylation sites is 1. The van der Waals surface area contributed by atoms with Crippen LogP contribution in [0, 0.1) is 0 Å². The van der Waals surface area contributed by atoms with Crippen LogP contribution in [0.5, 0.6) is 0 Å². The molecule has 15 heavy (non-hydrogen) atoms. The van der Waals surface area contributed by atoms with Crippen molar-refractivity contribution in [2.75, 3.05) is 5.33 Å². The maximum absolute atomic E-state index is 4.49. The Balaban J connectivity index is 2.20. The van der Waals surface area contributed by atoms with Crippen LogP contribution in [0.2, 0.25) is 0 Å². The molecular weight excluding hydrogens is 270 g/mol. The molecule has 2 heterocycles. The van der Waals surface area contributed by atoms with Crippen LogP contribution in [0.3, 0.4) is 0 Å². The van der Waals surface area contributed by atoms with E-state index < -0.39 is 0 Å². The van der Waals surface area contributed by atoms with E-state index in [1.807, 2.05) is 24.0 Å². The van der Waals surface area contributed by atoms with Gasteiger partial charge in [-0.2, -0.15) is 0 Å². The number of benzene rings is 1. The predicted octanol–water partition coefficient (Wildman–Crippen LogP) is 3.65. The molecule has 76 valence electrons. The van der Waals surface area contributed by atoms with Crippen LogP contribution in [-0.4, -0.2) is 15.6 Å². The first-order chi connectivity index (χ1) is 7.38. The normalized spacial score (nSPS) is 19.4. The second-order valence-electron chi connectivity index (χ2n) is 3.73. The molecule has 0 fully saturated rings. The Kier molecular flexibility index (Phi) is 2.45. The first-order valence-corrected chi connectivity index (χ1v) is 6.98.